The third kappa shape index (κ3) is 4.35. The normalized spacial score (nSPS) is 28.5. The van der Waals surface area contributed by atoms with Gasteiger partial charge in [-0.1, -0.05) is 26.7 Å². The van der Waals surface area contributed by atoms with Crippen molar-refractivity contribution in [2.24, 2.45) is 11.8 Å². The van der Waals surface area contributed by atoms with Gasteiger partial charge in [0.25, 0.3) is 0 Å². The number of hydrogen-bond donors (Lipinski definition) is 3. The number of furan rings is 1. The van der Waals surface area contributed by atoms with Crippen LogP contribution in [-0.2, 0) is 9.53 Å². The Morgan fingerprint density at radius 3 is 2.89 bits per heavy atom. The second kappa shape index (κ2) is 8.61. The zero-order valence-electron chi connectivity index (χ0n) is 16.2. The fourth-order valence-electron chi connectivity index (χ4n) is 3.98. The van der Waals surface area contributed by atoms with Crippen molar-refractivity contribution in [3.63, 3.8) is 0 Å². The summed E-state index contributed by atoms with van der Waals surface area (Å²) in [4.78, 5) is 24.8. The minimum Gasteiger partial charge on any atom is -0.467 e. The molecular formula is C20H29N3O4. The summed E-state index contributed by atoms with van der Waals surface area (Å²) < 4.78 is 10.7. The highest BCUT2D eigenvalue weighted by atomic mass is 16.5. The first kappa shape index (κ1) is 19.5. The third-order valence-electron chi connectivity index (χ3n) is 5.72. The fourth-order valence-corrected chi connectivity index (χ4v) is 3.98. The smallest absolute Gasteiger partial charge is 0.338 e. The van der Waals surface area contributed by atoms with Crippen molar-refractivity contribution in [2.75, 3.05) is 13.2 Å². The second-order valence-electron chi connectivity index (χ2n) is 7.41. The Bertz CT molecular complexity index is 698. The van der Waals surface area contributed by atoms with Crippen LogP contribution < -0.4 is 16.0 Å². The Balaban J connectivity index is 1.85. The summed E-state index contributed by atoms with van der Waals surface area (Å²) in [5.41, 5.74) is 0.930. The lowest BCUT2D eigenvalue weighted by Crippen LogP contribution is -2.50. The number of nitrogens with one attached hydrogen (secondary N) is 3. The number of carbonyl (C=O) groups is 2. The van der Waals surface area contributed by atoms with Crippen molar-refractivity contribution < 1.29 is 18.7 Å². The molecule has 3 N–H and O–H groups in total. The largest absolute Gasteiger partial charge is 0.467 e. The molecule has 4 unspecified atom stereocenters. The van der Waals surface area contributed by atoms with Crippen molar-refractivity contribution in [1.82, 2.24) is 16.0 Å². The maximum absolute atomic E-state index is 12.6. The molecule has 2 amide bonds. The molecule has 0 radical (unpaired) electrons. The molecule has 7 nitrogen and oxygen atoms in total. The first-order chi connectivity index (χ1) is 13.0. The van der Waals surface area contributed by atoms with E-state index in [9.17, 15) is 9.59 Å². The quantitative estimate of drug-likeness (QED) is 0.665. The zero-order chi connectivity index (χ0) is 19.4. The number of ether oxygens (including phenoxy) is 1. The molecule has 1 aromatic rings. The van der Waals surface area contributed by atoms with Crippen LogP contribution in [0.4, 0.5) is 4.79 Å². The van der Waals surface area contributed by atoms with Gasteiger partial charge >= 0.3 is 12.0 Å². The fraction of sp³-hybridized carbons (Fsp3) is 0.600. The van der Waals surface area contributed by atoms with E-state index in [4.69, 9.17) is 9.15 Å². The van der Waals surface area contributed by atoms with E-state index in [1.165, 1.54) is 19.1 Å². The van der Waals surface area contributed by atoms with Crippen molar-refractivity contribution >= 4 is 12.0 Å². The zero-order valence-corrected chi connectivity index (χ0v) is 16.2. The van der Waals surface area contributed by atoms with Crippen LogP contribution in [0.5, 0.6) is 0 Å². The molecule has 4 atom stereocenters. The van der Waals surface area contributed by atoms with Crippen molar-refractivity contribution in [1.29, 1.82) is 0 Å². The molecule has 148 valence electrons. The van der Waals surface area contributed by atoms with Gasteiger partial charge in [-0.05, 0) is 37.3 Å². The van der Waals surface area contributed by atoms with Gasteiger partial charge in [-0.3, -0.25) is 0 Å². The number of hydrogen-bond acceptors (Lipinski definition) is 5. The molecule has 1 saturated carbocycles. The van der Waals surface area contributed by atoms with E-state index in [1.807, 2.05) is 0 Å². The van der Waals surface area contributed by atoms with Crippen LogP contribution in [0, 0.1) is 11.8 Å². The maximum Gasteiger partial charge on any atom is 0.338 e. The molecule has 0 bridgehead atoms. The van der Waals surface area contributed by atoms with Crippen LogP contribution in [0.25, 0.3) is 0 Å². The molecular weight excluding hydrogens is 346 g/mol. The highest BCUT2D eigenvalue weighted by Gasteiger charge is 2.36. The lowest BCUT2D eigenvalue weighted by Gasteiger charge is -2.36. The average molecular weight is 375 g/mol. The predicted octanol–water partition coefficient (Wildman–Crippen LogP) is 2.87. The summed E-state index contributed by atoms with van der Waals surface area (Å²) in [5.74, 6) is 1.26. The lowest BCUT2D eigenvalue weighted by atomic mass is 9.78. The molecule has 1 fully saturated rings. The van der Waals surface area contributed by atoms with E-state index < -0.39 is 12.0 Å². The van der Waals surface area contributed by atoms with Gasteiger partial charge in [-0.2, -0.15) is 0 Å². The Morgan fingerprint density at radius 2 is 2.19 bits per heavy atom. The standard InChI is InChI=1S/C20H29N3O4/c1-4-26-19(24)17-15(11-21-14-8-5-7-12(2)13(14)3)22-20(25)23-18(17)16-9-6-10-27-16/h6,9-10,12-14,18,21H,4-5,7-8,11H2,1-3H3,(H2,22,23,25). The number of esters is 1. The monoisotopic (exact) mass is 375 g/mol. The van der Waals surface area contributed by atoms with Crippen LogP contribution in [0.15, 0.2) is 34.1 Å². The van der Waals surface area contributed by atoms with E-state index in [0.29, 0.717) is 41.5 Å². The van der Waals surface area contributed by atoms with Crippen LogP contribution in [0.1, 0.15) is 51.8 Å². The van der Waals surface area contributed by atoms with E-state index in [-0.39, 0.29) is 12.6 Å². The Labute approximate surface area is 159 Å². The molecule has 0 aromatic carbocycles. The summed E-state index contributed by atoms with van der Waals surface area (Å²) in [6.07, 6.45) is 5.06. The third-order valence-corrected chi connectivity index (χ3v) is 5.72. The first-order valence-electron chi connectivity index (χ1n) is 9.75. The molecule has 27 heavy (non-hydrogen) atoms. The van der Waals surface area contributed by atoms with Crippen LogP contribution >= 0.6 is 0 Å². The van der Waals surface area contributed by atoms with Gasteiger partial charge in [-0.15, -0.1) is 0 Å². The highest BCUT2D eigenvalue weighted by Crippen LogP contribution is 2.31. The summed E-state index contributed by atoms with van der Waals surface area (Å²) in [7, 11) is 0. The van der Waals surface area contributed by atoms with Crippen LogP contribution in [0.3, 0.4) is 0 Å². The highest BCUT2D eigenvalue weighted by molar-refractivity contribution is 5.95. The minimum absolute atomic E-state index is 0.263. The van der Waals surface area contributed by atoms with Crippen LogP contribution in [-0.4, -0.2) is 31.2 Å². The predicted molar refractivity (Wildman–Crippen MR) is 101 cm³/mol. The molecule has 0 saturated heterocycles. The average Bonchev–Trinajstić information content (AvgIpc) is 3.17. The molecule has 3 rings (SSSR count). The summed E-state index contributed by atoms with van der Waals surface area (Å²) in [6.45, 7) is 6.97. The van der Waals surface area contributed by atoms with E-state index >= 15 is 0 Å². The molecule has 1 aromatic heterocycles. The molecule has 2 aliphatic rings. The number of amides is 2. The topological polar surface area (TPSA) is 92.6 Å². The van der Waals surface area contributed by atoms with Gasteiger partial charge in [0.15, 0.2) is 0 Å². The Kier molecular flexibility index (Phi) is 6.21. The van der Waals surface area contributed by atoms with Gasteiger partial charge in [0.05, 0.1) is 18.4 Å². The Hall–Kier alpha value is -2.28. The van der Waals surface area contributed by atoms with Crippen LogP contribution in [0.2, 0.25) is 0 Å². The maximum atomic E-state index is 12.6. The molecule has 2 heterocycles. The molecule has 1 aliphatic heterocycles. The van der Waals surface area contributed by atoms with E-state index in [1.54, 1.807) is 19.1 Å². The van der Waals surface area contributed by atoms with Crippen molar-refractivity contribution in [3.05, 3.63) is 35.4 Å². The Morgan fingerprint density at radius 1 is 1.37 bits per heavy atom. The van der Waals surface area contributed by atoms with Gasteiger partial charge in [0.1, 0.15) is 11.8 Å². The molecule has 0 spiro atoms. The van der Waals surface area contributed by atoms with Gasteiger partial charge < -0.3 is 25.1 Å². The second-order valence-corrected chi connectivity index (χ2v) is 7.41. The number of urea groups is 1. The first-order valence-corrected chi connectivity index (χ1v) is 9.75. The van der Waals surface area contributed by atoms with E-state index in [2.05, 4.69) is 29.8 Å². The molecule has 7 heteroatoms. The molecule has 1 aliphatic carbocycles. The lowest BCUT2D eigenvalue weighted by molar-refractivity contribution is -0.139. The summed E-state index contributed by atoms with van der Waals surface area (Å²) in [6, 6.07) is 2.82. The minimum atomic E-state index is -0.660. The van der Waals surface area contributed by atoms with Gasteiger partial charge in [0.2, 0.25) is 0 Å². The SMILES string of the molecule is CCOC(=O)C1=C(CNC2CCCC(C)C2C)NC(=O)NC1c1ccco1. The number of carbonyl (C=O) groups excluding carboxylic acids is 2. The van der Waals surface area contributed by atoms with E-state index in [0.717, 1.165) is 6.42 Å². The van der Waals surface area contributed by atoms with Gasteiger partial charge in [-0.25, -0.2) is 9.59 Å². The van der Waals surface area contributed by atoms with Gasteiger partial charge in [0, 0.05) is 18.3 Å². The number of rotatable bonds is 6. The summed E-state index contributed by atoms with van der Waals surface area (Å²) in [5, 5.41) is 9.10. The summed E-state index contributed by atoms with van der Waals surface area (Å²) >= 11 is 0. The van der Waals surface area contributed by atoms with Crippen molar-refractivity contribution in [3.8, 4) is 0 Å². The van der Waals surface area contributed by atoms with Crippen molar-refractivity contribution in [2.45, 2.75) is 52.1 Å².